The van der Waals surface area contributed by atoms with Crippen molar-refractivity contribution in [2.24, 2.45) is 0 Å². The van der Waals surface area contributed by atoms with E-state index in [0.29, 0.717) is 10.7 Å². The van der Waals surface area contributed by atoms with E-state index in [9.17, 15) is 13.2 Å². The van der Waals surface area contributed by atoms with Gasteiger partial charge in [0, 0.05) is 23.9 Å². The first-order chi connectivity index (χ1) is 15.9. The van der Waals surface area contributed by atoms with E-state index in [1.807, 2.05) is 30.3 Å². The van der Waals surface area contributed by atoms with Gasteiger partial charge in [0.05, 0.1) is 28.3 Å². The minimum atomic E-state index is -4.04. The molecule has 0 saturated heterocycles. The second kappa shape index (κ2) is 9.89. The Balaban J connectivity index is 1.67. The molecule has 168 valence electrons. The first-order valence-corrected chi connectivity index (χ1v) is 11.9. The summed E-state index contributed by atoms with van der Waals surface area (Å²) < 4.78 is 28.7. The van der Waals surface area contributed by atoms with Crippen molar-refractivity contribution in [3.63, 3.8) is 0 Å². The Kier molecular flexibility index (Phi) is 6.76. The number of hydrogen-bond acceptors (Lipinski definition) is 4. The number of amides is 1. The molecule has 7 nitrogen and oxygen atoms in total. The molecule has 4 aromatic rings. The number of nitrogens with zero attached hydrogens (tertiary/aromatic N) is 2. The van der Waals surface area contributed by atoms with Crippen LogP contribution >= 0.6 is 11.6 Å². The lowest BCUT2D eigenvalue weighted by atomic mass is 10.2. The van der Waals surface area contributed by atoms with E-state index >= 15 is 0 Å². The van der Waals surface area contributed by atoms with Gasteiger partial charge in [-0.3, -0.25) is 14.2 Å². The molecule has 0 aliphatic carbocycles. The van der Waals surface area contributed by atoms with Gasteiger partial charge >= 0.3 is 0 Å². The average molecular weight is 481 g/mol. The molecular formula is C24H21ClN4O3S. The van der Waals surface area contributed by atoms with Gasteiger partial charge in [-0.2, -0.15) is 5.10 Å². The highest BCUT2D eigenvalue weighted by atomic mass is 35.5. The maximum Gasteiger partial charge on any atom is 0.264 e. The highest BCUT2D eigenvalue weighted by Crippen LogP contribution is 2.32. The van der Waals surface area contributed by atoms with Crippen LogP contribution in [0.3, 0.4) is 0 Å². The average Bonchev–Trinajstić information content (AvgIpc) is 3.36. The standard InChI is InChI=1S/C24H21ClN4O3S/c25-22-11-4-5-12-23(22)29(17-18-7-2-1-3-8-18)33(31,32)21-10-6-9-20(13-21)24(30)26-14-19-15-27-28-16-19/h1-13,15-16H,14,17H2,(H,26,30)(H,27,28). The smallest absolute Gasteiger partial charge is 0.264 e. The van der Waals surface area contributed by atoms with Crippen molar-refractivity contribution in [1.29, 1.82) is 0 Å². The molecule has 0 radical (unpaired) electrons. The molecule has 33 heavy (non-hydrogen) atoms. The normalized spacial score (nSPS) is 11.2. The number of carbonyl (C=O) groups excluding carboxylic acids is 1. The molecule has 9 heteroatoms. The van der Waals surface area contributed by atoms with Crippen LogP contribution in [-0.2, 0) is 23.1 Å². The maximum atomic E-state index is 13.7. The van der Waals surface area contributed by atoms with Crippen molar-refractivity contribution in [3.05, 3.63) is 113 Å². The van der Waals surface area contributed by atoms with Gasteiger partial charge in [-0.05, 0) is 35.9 Å². The highest BCUT2D eigenvalue weighted by Gasteiger charge is 2.27. The van der Waals surface area contributed by atoms with E-state index in [-0.39, 0.29) is 29.5 Å². The van der Waals surface area contributed by atoms with Crippen molar-refractivity contribution in [1.82, 2.24) is 15.5 Å². The largest absolute Gasteiger partial charge is 0.348 e. The molecule has 0 aliphatic rings. The predicted molar refractivity (Wildman–Crippen MR) is 127 cm³/mol. The Bertz CT molecular complexity index is 1340. The number of nitrogens with one attached hydrogen (secondary N) is 2. The zero-order valence-electron chi connectivity index (χ0n) is 17.5. The molecule has 2 N–H and O–H groups in total. The van der Waals surface area contributed by atoms with Crippen molar-refractivity contribution < 1.29 is 13.2 Å². The molecule has 4 rings (SSSR count). The fourth-order valence-electron chi connectivity index (χ4n) is 3.29. The number of aromatic nitrogens is 2. The van der Waals surface area contributed by atoms with E-state index in [2.05, 4.69) is 15.5 Å². The summed E-state index contributed by atoms with van der Waals surface area (Å²) in [5.41, 5.74) is 2.20. The van der Waals surface area contributed by atoms with Crippen LogP contribution in [0, 0.1) is 0 Å². The SMILES string of the molecule is O=C(NCc1cn[nH]c1)c1cccc(S(=O)(=O)N(Cc2ccccc2)c2ccccc2Cl)c1. The summed E-state index contributed by atoms with van der Waals surface area (Å²) in [4.78, 5) is 12.6. The molecule has 1 amide bonds. The predicted octanol–water partition coefficient (Wildman–Crippen LogP) is 4.39. The molecule has 0 spiro atoms. The summed E-state index contributed by atoms with van der Waals surface area (Å²) in [6.45, 7) is 0.357. The van der Waals surface area contributed by atoms with Gasteiger partial charge in [0.25, 0.3) is 15.9 Å². The maximum absolute atomic E-state index is 13.7. The van der Waals surface area contributed by atoms with Crippen LogP contribution in [0.5, 0.6) is 0 Å². The fourth-order valence-corrected chi connectivity index (χ4v) is 5.09. The Morgan fingerprint density at radius 3 is 2.45 bits per heavy atom. The summed E-state index contributed by atoms with van der Waals surface area (Å²) >= 11 is 6.37. The monoisotopic (exact) mass is 480 g/mol. The third-order valence-electron chi connectivity index (χ3n) is 4.98. The van der Waals surface area contributed by atoms with E-state index in [4.69, 9.17) is 11.6 Å². The van der Waals surface area contributed by atoms with Gasteiger partial charge < -0.3 is 5.32 Å². The number of hydrogen-bond donors (Lipinski definition) is 2. The van der Waals surface area contributed by atoms with Crippen LogP contribution in [0.4, 0.5) is 5.69 Å². The van der Waals surface area contributed by atoms with Crippen LogP contribution in [0.2, 0.25) is 5.02 Å². The number of carbonyl (C=O) groups is 1. The lowest BCUT2D eigenvalue weighted by Crippen LogP contribution is -2.31. The second-order valence-electron chi connectivity index (χ2n) is 7.27. The molecule has 0 unspecified atom stereocenters. The molecule has 3 aromatic carbocycles. The van der Waals surface area contributed by atoms with Gasteiger partial charge in [-0.15, -0.1) is 0 Å². The number of H-pyrrole nitrogens is 1. The number of halogens is 1. The molecular weight excluding hydrogens is 460 g/mol. The molecule has 1 aromatic heterocycles. The Labute approximate surface area is 197 Å². The van der Waals surface area contributed by atoms with E-state index in [0.717, 1.165) is 11.1 Å². The number of rotatable bonds is 8. The molecule has 0 saturated carbocycles. The lowest BCUT2D eigenvalue weighted by Gasteiger charge is -2.26. The number of para-hydroxylation sites is 1. The summed E-state index contributed by atoms with van der Waals surface area (Å²) in [6.07, 6.45) is 3.28. The zero-order valence-corrected chi connectivity index (χ0v) is 19.1. The van der Waals surface area contributed by atoms with E-state index in [1.165, 1.54) is 16.4 Å². The molecule has 0 bridgehead atoms. The third-order valence-corrected chi connectivity index (χ3v) is 7.06. The van der Waals surface area contributed by atoms with Crippen molar-refractivity contribution >= 4 is 33.2 Å². The van der Waals surface area contributed by atoms with Gasteiger partial charge in [0.2, 0.25) is 0 Å². The van der Waals surface area contributed by atoms with Crippen molar-refractivity contribution in [3.8, 4) is 0 Å². The van der Waals surface area contributed by atoms with Crippen LogP contribution in [-0.4, -0.2) is 24.5 Å². The Morgan fingerprint density at radius 2 is 1.73 bits per heavy atom. The number of sulfonamides is 1. The second-order valence-corrected chi connectivity index (χ2v) is 9.54. The van der Waals surface area contributed by atoms with Crippen molar-refractivity contribution in [2.45, 2.75) is 18.0 Å². The molecule has 0 fully saturated rings. The first-order valence-electron chi connectivity index (χ1n) is 10.1. The summed E-state index contributed by atoms with van der Waals surface area (Å²) in [5.74, 6) is -0.388. The van der Waals surface area contributed by atoms with Crippen LogP contribution < -0.4 is 9.62 Å². The zero-order chi connectivity index (χ0) is 23.3. The third kappa shape index (κ3) is 5.24. The number of aromatic amines is 1. The van der Waals surface area contributed by atoms with Gasteiger partial charge in [-0.1, -0.05) is 60.1 Å². The Hall–Kier alpha value is -3.62. The van der Waals surface area contributed by atoms with Crippen molar-refractivity contribution in [2.75, 3.05) is 4.31 Å². The highest BCUT2D eigenvalue weighted by molar-refractivity contribution is 7.92. The quantitative estimate of drug-likeness (QED) is 0.391. The minimum Gasteiger partial charge on any atom is -0.348 e. The van der Waals surface area contributed by atoms with E-state index in [1.54, 1.807) is 48.8 Å². The summed E-state index contributed by atoms with van der Waals surface area (Å²) in [5, 5.41) is 9.59. The summed E-state index contributed by atoms with van der Waals surface area (Å²) in [7, 11) is -4.04. The van der Waals surface area contributed by atoms with Crippen LogP contribution in [0.15, 0.2) is 96.2 Å². The van der Waals surface area contributed by atoms with Crippen LogP contribution in [0.25, 0.3) is 0 Å². The summed E-state index contributed by atoms with van der Waals surface area (Å²) in [6, 6.07) is 22.0. The van der Waals surface area contributed by atoms with E-state index < -0.39 is 10.0 Å². The first kappa shape index (κ1) is 22.6. The van der Waals surface area contributed by atoms with Gasteiger partial charge in [0.15, 0.2) is 0 Å². The fraction of sp³-hybridized carbons (Fsp3) is 0.0833. The van der Waals surface area contributed by atoms with Crippen LogP contribution in [0.1, 0.15) is 21.5 Å². The Morgan fingerprint density at radius 1 is 0.970 bits per heavy atom. The topological polar surface area (TPSA) is 95.2 Å². The minimum absolute atomic E-state index is 0.00527. The number of benzene rings is 3. The molecule has 0 aliphatic heterocycles. The molecule has 0 atom stereocenters. The lowest BCUT2D eigenvalue weighted by molar-refractivity contribution is 0.0950. The molecule has 1 heterocycles. The van der Waals surface area contributed by atoms with Gasteiger partial charge in [-0.25, -0.2) is 8.42 Å². The number of anilines is 1. The van der Waals surface area contributed by atoms with Gasteiger partial charge in [0.1, 0.15) is 0 Å².